The molecule has 24 heavy (non-hydrogen) atoms. The average molecular weight is 348 g/mol. The summed E-state index contributed by atoms with van der Waals surface area (Å²) in [5.41, 5.74) is 1.25. The van der Waals surface area contributed by atoms with Crippen LogP contribution >= 0.6 is 11.3 Å². The van der Waals surface area contributed by atoms with Crippen molar-refractivity contribution in [3.05, 3.63) is 39.8 Å². The Hall–Kier alpha value is -2.12. The molecule has 0 radical (unpaired) electrons. The van der Waals surface area contributed by atoms with E-state index in [1.165, 1.54) is 11.3 Å². The molecule has 0 amide bonds. The van der Waals surface area contributed by atoms with Crippen LogP contribution in [0.5, 0.6) is 11.5 Å². The van der Waals surface area contributed by atoms with Crippen molar-refractivity contribution in [2.24, 2.45) is 0 Å². The molecule has 1 aliphatic heterocycles. The van der Waals surface area contributed by atoms with Crippen LogP contribution in [0.2, 0.25) is 0 Å². The van der Waals surface area contributed by atoms with E-state index in [1.807, 2.05) is 18.2 Å². The second-order valence-corrected chi connectivity index (χ2v) is 6.61. The van der Waals surface area contributed by atoms with Crippen molar-refractivity contribution in [3.63, 3.8) is 0 Å². The van der Waals surface area contributed by atoms with Gasteiger partial charge in [-0.2, -0.15) is 0 Å². The van der Waals surface area contributed by atoms with Crippen LogP contribution in [0.3, 0.4) is 0 Å². The van der Waals surface area contributed by atoms with Gasteiger partial charge >= 0.3 is 5.97 Å². The van der Waals surface area contributed by atoms with Crippen molar-refractivity contribution in [1.82, 2.24) is 9.88 Å². The van der Waals surface area contributed by atoms with Crippen molar-refractivity contribution < 1.29 is 19.4 Å². The Morgan fingerprint density at radius 1 is 1.42 bits per heavy atom. The first kappa shape index (κ1) is 16.7. The number of aromatic carboxylic acids is 1. The SMILES string of the molecule is COc1ccc(C2CCCN2Cc2nc(C(=O)O)cs2)c(OC)c1. The van der Waals surface area contributed by atoms with Crippen molar-refractivity contribution in [3.8, 4) is 11.5 Å². The van der Waals surface area contributed by atoms with E-state index < -0.39 is 5.97 Å². The second-order valence-electron chi connectivity index (χ2n) is 5.67. The Balaban J connectivity index is 1.81. The predicted molar refractivity (Wildman–Crippen MR) is 91.0 cm³/mol. The minimum atomic E-state index is -0.979. The number of carboxylic acids is 1. The molecule has 1 fully saturated rings. The summed E-state index contributed by atoms with van der Waals surface area (Å²) >= 11 is 1.39. The minimum Gasteiger partial charge on any atom is -0.497 e. The summed E-state index contributed by atoms with van der Waals surface area (Å²) < 4.78 is 10.8. The highest BCUT2D eigenvalue weighted by Crippen LogP contribution is 2.39. The van der Waals surface area contributed by atoms with Gasteiger partial charge in [0.15, 0.2) is 5.69 Å². The van der Waals surface area contributed by atoms with Crippen LogP contribution in [0.1, 0.15) is 39.9 Å². The van der Waals surface area contributed by atoms with E-state index in [0.29, 0.717) is 6.54 Å². The maximum atomic E-state index is 11.0. The zero-order valence-electron chi connectivity index (χ0n) is 13.7. The molecule has 0 bridgehead atoms. The molecular formula is C17H20N2O4S. The number of nitrogens with zero attached hydrogens (tertiary/aromatic N) is 2. The minimum absolute atomic E-state index is 0.118. The van der Waals surface area contributed by atoms with E-state index in [4.69, 9.17) is 14.6 Å². The predicted octanol–water partition coefficient (Wildman–Crippen LogP) is 3.20. The fraction of sp³-hybridized carbons (Fsp3) is 0.412. The molecular weight excluding hydrogens is 328 g/mol. The largest absolute Gasteiger partial charge is 0.497 e. The summed E-state index contributed by atoms with van der Waals surface area (Å²) in [6.07, 6.45) is 2.14. The van der Waals surface area contributed by atoms with Crippen LogP contribution in [0.25, 0.3) is 0 Å². The molecule has 1 atom stereocenters. The smallest absolute Gasteiger partial charge is 0.355 e. The first-order chi connectivity index (χ1) is 11.6. The van der Waals surface area contributed by atoms with E-state index in [1.54, 1.807) is 19.6 Å². The van der Waals surface area contributed by atoms with Gasteiger partial charge in [0.1, 0.15) is 16.5 Å². The maximum Gasteiger partial charge on any atom is 0.355 e. The normalized spacial score (nSPS) is 17.8. The van der Waals surface area contributed by atoms with Gasteiger partial charge in [-0.25, -0.2) is 9.78 Å². The molecule has 1 N–H and O–H groups in total. The lowest BCUT2D eigenvalue weighted by Gasteiger charge is -2.25. The molecule has 1 aromatic carbocycles. The average Bonchev–Trinajstić information content (AvgIpc) is 3.24. The lowest BCUT2D eigenvalue weighted by atomic mass is 10.0. The maximum absolute atomic E-state index is 11.0. The summed E-state index contributed by atoms with van der Waals surface area (Å²) in [5.74, 6) is 0.607. The number of benzene rings is 1. The number of methoxy groups -OCH3 is 2. The summed E-state index contributed by atoms with van der Waals surface area (Å²) in [4.78, 5) is 17.5. The number of likely N-dealkylation sites (tertiary alicyclic amines) is 1. The van der Waals surface area contributed by atoms with Crippen LogP contribution < -0.4 is 9.47 Å². The van der Waals surface area contributed by atoms with Gasteiger partial charge in [0.25, 0.3) is 0 Å². The fourth-order valence-electron chi connectivity index (χ4n) is 3.12. The van der Waals surface area contributed by atoms with Crippen molar-refractivity contribution in [2.45, 2.75) is 25.4 Å². The third-order valence-corrected chi connectivity index (χ3v) is 5.11. The Morgan fingerprint density at radius 2 is 2.25 bits per heavy atom. The number of thiazole rings is 1. The molecule has 1 aromatic heterocycles. The van der Waals surface area contributed by atoms with Gasteiger partial charge in [0.05, 0.1) is 20.8 Å². The van der Waals surface area contributed by atoms with E-state index in [9.17, 15) is 4.79 Å². The number of hydrogen-bond acceptors (Lipinski definition) is 6. The van der Waals surface area contributed by atoms with Gasteiger partial charge in [-0.15, -0.1) is 11.3 Å². The molecule has 2 heterocycles. The highest BCUT2D eigenvalue weighted by molar-refractivity contribution is 7.09. The zero-order chi connectivity index (χ0) is 17.1. The molecule has 2 aromatic rings. The Bertz CT molecular complexity index is 731. The summed E-state index contributed by atoms with van der Waals surface area (Å²) in [5, 5.41) is 11.4. The second kappa shape index (κ2) is 7.19. The van der Waals surface area contributed by atoms with E-state index in [0.717, 1.165) is 41.5 Å². The van der Waals surface area contributed by atoms with Crippen molar-refractivity contribution >= 4 is 17.3 Å². The number of ether oxygens (including phenoxy) is 2. The lowest BCUT2D eigenvalue weighted by molar-refractivity contribution is 0.0691. The first-order valence-corrected chi connectivity index (χ1v) is 8.64. The quantitative estimate of drug-likeness (QED) is 0.864. The summed E-state index contributed by atoms with van der Waals surface area (Å²) in [6.45, 7) is 1.61. The van der Waals surface area contributed by atoms with E-state index >= 15 is 0 Å². The third kappa shape index (κ3) is 3.37. The highest BCUT2D eigenvalue weighted by Gasteiger charge is 2.29. The Morgan fingerprint density at radius 3 is 2.92 bits per heavy atom. The van der Waals surface area contributed by atoms with E-state index in [-0.39, 0.29) is 11.7 Å². The molecule has 1 saturated heterocycles. The van der Waals surface area contributed by atoms with Gasteiger partial charge in [0, 0.05) is 23.1 Å². The molecule has 7 heteroatoms. The molecule has 0 saturated carbocycles. The summed E-state index contributed by atoms with van der Waals surface area (Å²) in [7, 11) is 3.30. The highest BCUT2D eigenvalue weighted by atomic mass is 32.1. The van der Waals surface area contributed by atoms with Crippen LogP contribution in [-0.4, -0.2) is 41.7 Å². The zero-order valence-corrected chi connectivity index (χ0v) is 14.5. The molecule has 1 aliphatic rings. The number of rotatable bonds is 6. The van der Waals surface area contributed by atoms with Crippen LogP contribution in [-0.2, 0) is 6.54 Å². The molecule has 1 unspecified atom stereocenters. The summed E-state index contributed by atoms with van der Waals surface area (Å²) in [6, 6.07) is 6.13. The monoisotopic (exact) mass is 348 g/mol. The lowest BCUT2D eigenvalue weighted by Crippen LogP contribution is -2.23. The van der Waals surface area contributed by atoms with Crippen LogP contribution in [0, 0.1) is 0 Å². The third-order valence-electron chi connectivity index (χ3n) is 4.27. The molecule has 128 valence electrons. The first-order valence-electron chi connectivity index (χ1n) is 7.76. The number of carbonyl (C=O) groups is 1. The van der Waals surface area contributed by atoms with Crippen LogP contribution in [0.4, 0.5) is 0 Å². The Kier molecular flexibility index (Phi) is 5.01. The number of carboxylic acid groups (broad SMARTS) is 1. The molecule has 3 rings (SSSR count). The van der Waals surface area contributed by atoms with Gasteiger partial charge < -0.3 is 14.6 Å². The fourth-order valence-corrected chi connectivity index (χ4v) is 3.91. The van der Waals surface area contributed by atoms with Gasteiger partial charge in [-0.1, -0.05) is 6.07 Å². The van der Waals surface area contributed by atoms with E-state index in [2.05, 4.69) is 9.88 Å². The molecule has 0 aliphatic carbocycles. The molecule has 6 nitrogen and oxygen atoms in total. The molecule has 0 spiro atoms. The van der Waals surface area contributed by atoms with Crippen molar-refractivity contribution in [2.75, 3.05) is 20.8 Å². The van der Waals surface area contributed by atoms with Gasteiger partial charge in [-0.3, -0.25) is 4.90 Å². The van der Waals surface area contributed by atoms with Crippen LogP contribution in [0.15, 0.2) is 23.6 Å². The van der Waals surface area contributed by atoms with Gasteiger partial charge in [-0.05, 0) is 25.5 Å². The Labute approximate surface area is 144 Å². The van der Waals surface area contributed by atoms with Gasteiger partial charge in [0.2, 0.25) is 0 Å². The standard InChI is InChI=1S/C17H20N2O4S/c1-22-11-5-6-12(15(8-11)23-2)14-4-3-7-19(14)9-16-18-13(10-24-16)17(20)21/h5-6,8,10,14H,3-4,7,9H2,1-2H3,(H,20,21). The topological polar surface area (TPSA) is 71.9 Å². The van der Waals surface area contributed by atoms with Crippen molar-refractivity contribution in [1.29, 1.82) is 0 Å². The number of aromatic nitrogens is 1. The number of hydrogen-bond donors (Lipinski definition) is 1.